The number of ether oxygens (including phenoxy) is 1. The molecule has 0 aliphatic heterocycles. The predicted octanol–water partition coefficient (Wildman–Crippen LogP) is 5.86. The van der Waals surface area contributed by atoms with E-state index in [1.54, 1.807) is 0 Å². The van der Waals surface area contributed by atoms with E-state index in [-0.39, 0.29) is 17.4 Å². The first-order valence-electron chi connectivity index (χ1n) is 9.24. The fraction of sp³-hybridized carbons (Fsp3) is 0.636. The standard InChI is InChI=1S/C22H36O2/c1-9-21(5,6)17-14-18(16(4)12-13-23)20(24-11-3)19(15-17)22(7,8)10-2/h12,14-15,23H,9-11,13H2,1-8H3/b16-12-. The van der Waals surface area contributed by atoms with Gasteiger partial charge in [-0.2, -0.15) is 0 Å². The fourth-order valence-electron chi connectivity index (χ4n) is 2.76. The van der Waals surface area contributed by atoms with Crippen LogP contribution in [0.15, 0.2) is 18.2 Å². The summed E-state index contributed by atoms with van der Waals surface area (Å²) in [5, 5.41) is 9.35. The molecule has 136 valence electrons. The highest BCUT2D eigenvalue weighted by Crippen LogP contribution is 2.42. The zero-order chi connectivity index (χ0) is 18.5. The quantitative estimate of drug-likeness (QED) is 0.646. The maximum absolute atomic E-state index is 9.35. The maximum atomic E-state index is 9.35. The lowest BCUT2D eigenvalue weighted by Crippen LogP contribution is -2.22. The monoisotopic (exact) mass is 332 g/mol. The van der Waals surface area contributed by atoms with Gasteiger partial charge >= 0.3 is 0 Å². The fourth-order valence-corrected chi connectivity index (χ4v) is 2.76. The van der Waals surface area contributed by atoms with Gasteiger partial charge in [0.2, 0.25) is 0 Å². The normalized spacial score (nSPS) is 13.3. The lowest BCUT2D eigenvalue weighted by Gasteiger charge is -2.32. The van der Waals surface area contributed by atoms with Crippen molar-refractivity contribution in [2.45, 2.75) is 79.1 Å². The number of hydrogen-bond donors (Lipinski definition) is 1. The molecule has 0 saturated carbocycles. The van der Waals surface area contributed by atoms with E-state index in [1.165, 1.54) is 11.1 Å². The van der Waals surface area contributed by atoms with Crippen LogP contribution in [0.25, 0.3) is 5.57 Å². The van der Waals surface area contributed by atoms with Gasteiger partial charge in [-0.15, -0.1) is 0 Å². The third-order valence-corrected chi connectivity index (χ3v) is 5.48. The van der Waals surface area contributed by atoms with Gasteiger partial charge in [-0.25, -0.2) is 0 Å². The number of aliphatic hydroxyl groups excluding tert-OH is 1. The van der Waals surface area contributed by atoms with Gasteiger partial charge in [0.1, 0.15) is 5.75 Å². The van der Waals surface area contributed by atoms with Gasteiger partial charge in [-0.3, -0.25) is 0 Å². The van der Waals surface area contributed by atoms with Gasteiger partial charge < -0.3 is 9.84 Å². The SMILES string of the molecule is CCOc1c(/C(C)=C\CO)cc(C(C)(C)CC)cc1C(C)(C)CC. The average molecular weight is 333 g/mol. The van der Waals surface area contributed by atoms with Crippen LogP contribution in [0.4, 0.5) is 0 Å². The Morgan fingerprint density at radius 3 is 2.08 bits per heavy atom. The van der Waals surface area contributed by atoms with Crippen molar-refractivity contribution in [3.63, 3.8) is 0 Å². The van der Waals surface area contributed by atoms with Gasteiger partial charge in [0, 0.05) is 11.1 Å². The molecule has 0 heterocycles. The first-order valence-corrected chi connectivity index (χ1v) is 9.24. The highest BCUT2D eigenvalue weighted by molar-refractivity contribution is 5.72. The Morgan fingerprint density at radius 2 is 1.62 bits per heavy atom. The van der Waals surface area contributed by atoms with E-state index >= 15 is 0 Å². The molecule has 0 amide bonds. The summed E-state index contributed by atoms with van der Waals surface area (Å²) in [6, 6.07) is 4.60. The zero-order valence-electron chi connectivity index (χ0n) is 16.9. The first-order chi connectivity index (χ1) is 11.1. The summed E-state index contributed by atoms with van der Waals surface area (Å²) < 4.78 is 6.10. The Kier molecular flexibility index (Phi) is 7.10. The highest BCUT2D eigenvalue weighted by Gasteiger charge is 2.29. The summed E-state index contributed by atoms with van der Waals surface area (Å²) in [6.07, 6.45) is 3.99. The average Bonchev–Trinajstić information content (AvgIpc) is 2.55. The van der Waals surface area contributed by atoms with E-state index in [2.05, 4.69) is 60.6 Å². The molecule has 0 unspecified atom stereocenters. The molecule has 0 aromatic heterocycles. The molecule has 0 fully saturated rings. The first kappa shape index (κ1) is 20.8. The van der Waals surface area contributed by atoms with Crippen molar-refractivity contribution in [2.24, 2.45) is 0 Å². The van der Waals surface area contributed by atoms with Crippen LogP contribution in [0.3, 0.4) is 0 Å². The number of hydrogen-bond acceptors (Lipinski definition) is 2. The number of rotatable bonds is 8. The van der Waals surface area contributed by atoms with Gasteiger partial charge in [0.25, 0.3) is 0 Å². The Labute approximate surface area is 148 Å². The molecule has 0 radical (unpaired) electrons. The van der Waals surface area contributed by atoms with Gasteiger partial charge in [-0.05, 0) is 54.7 Å². The third kappa shape index (κ3) is 4.42. The van der Waals surface area contributed by atoms with Gasteiger partial charge in [0.05, 0.1) is 13.2 Å². The van der Waals surface area contributed by atoms with E-state index in [9.17, 15) is 5.11 Å². The second-order valence-electron chi connectivity index (χ2n) is 7.88. The van der Waals surface area contributed by atoms with Crippen LogP contribution < -0.4 is 4.74 Å². The van der Waals surface area contributed by atoms with Crippen LogP contribution in [0.2, 0.25) is 0 Å². The van der Waals surface area contributed by atoms with Crippen molar-refractivity contribution in [1.82, 2.24) is 0 Å². The number of aliphatic hydroxyl groups is 1. The summed E-state index contributed by atoms with van der Waals surface area (Å²) in [5.41, 5.74) is 4.94. The molecule has 0 atom stereocenters. The zero-order valence-corrected chi connectivity index (χ0v) is 16.9. The summed E-state index contributed by atoms with van der Waals surface area (Å²) in [6.45, 7) is 18.4. The molecule has 0 aliphatic carbocycles. The van der Waals surface area contributed by atoms with Crippen LogP contribution in [0, 0.1) is 0 Å². The molecule has 24 heavy (non-hydrogen) atoms. The number of benzene rings is 1. The van der Waals surface area contributed by atoms with Crippen LogP contribution in [-0.4, -0.2) is 18.3 Å². The molecule has 2 heteroatoms. The van der Waals surface area contributed by atoms with E-state index in [1.807, 2.05) is 13.0 Å². The molecule has 1 N–H and O–H groups in total. The molecular weight excluding hydrogens is 296 g/mol. The largest absolute Gasteiger partial charge is 0.493 e. The van der Waals surface area contributed by atoms with Crippen molar-refractivity contribution in [1.29, 1.82) is 0 Å². The second kappa shape index (κ2) is 8.20. The smallest absolute Gasteiger partial charge is 0.130 e. The van der Waals surface area contributed by atoms with Crippen molar-refractivity contribution in [3.8, 4) is 5.75 Å². The van der Waals surface area contributed by atoms with Crippen molar-refractivity contribution < 1.29 is 9.84 Å². The molecule has 1 rings (SSSR count). The van der Waals surface area contributed by atoms with Crippen LogP contribution in [0.1, 0.15) is 84.9 Å². The molecule has 0 aliphatic rings. The molecule has 1 aromatic carbocycles. The van der Waals surface area contributed by atoms with Gasteiger partial charge in [-0.1, -0.05) is 53.7 Å². The lowest BCUT2D eigenvalue weighted by atomic mass is 9.74. The molecule has 1 aromatic rings. The lowest BCUT2D eigenvalue weighted by molar-refractivity contribution is 0.324. The topological polar surface area (TPSA) is 29.5 Å². The van der Waals surface area contributed by atoms with Crippen LogP contribution in [-0.2, 0) is 10.8 Å². The van der Waals surface area contributed by atoms with Crippen LogP contribution in [0.5, 0.6) is 5.75 Å². The Morgan fingerprint density at radius 1 is 1.04 bits per heavy atom. The van der Waals surface area contributed by atoms with Crippen LogP contribution >= 0.6 is 0 Å². The molecule has 0 spiro atoms. The van der Waals surface area contributed by atoms with E-state index in [4.69, 9.17) is 4.74 Å². The van der Waals surface area contributed by atoms with Crippen molar-refractivity contribution in [3.05, 3.63) is 34.9 Å². The Hall–Kier alpha value is -1.28. The summed E-state index contributed by atoms with van der Waals surface area (Å²) in [7, 11) is 0. The summed E-state index contributed by atoms with van der Waals surface area (Å²) in [5.74, 6) is 0.974. The van der Waals surface area contributed by atoms with E-state index in [0.29, 0.717) is 6.61 Å². The highest BCUT2D eigenvalue weighted by atomic mass is 16.5. The van der Waals surface area contributed by atoms with Crippen molar-refractivity contribution >= 4 is 5.57 Å². The predicted molar refractivity (Wildman–Crippen MR) is 105 cm³/mol. The minimum absolute atomic E-state index is 0.0403. The Balaban J connectivity index is 3.80. The molecular formula is C22H36O2. The van der Waals surface area contributed by atoms with E-state index < -0.39 is 0 Å². The van der Waals surface area contributed by atoms with Gasteiger partial charge in [0.15, 0.2) is 0 Å². The van der Waals surface area contributed by atoms with E-state index in [0.717, 1.165) is 29.7 Å². The number of allylic oxidation sites excluding steroid dienone is 1. The molecule has 0 bridgehead atoms. The minimum Gasteiger partial charge on any atom is -0.493 e. The maximum Gasteiger partial charge on any atom is 0.130 e. The minimum atomic E-state index is 0.0403. The second-order valence-corrected chi connectivity index (χ2v) is 7.88. The third-order valence-electron chi connectivity index (χ3n) is 5.48. The molecule has 2 nitrogen and oxygen atoms in total. The summed E-state index contributed by atoms with van der Waals surface area (Å²) >= 11 is 0. The Bertz CT molecular complexity index is 580. The molecule has 0 saturated heterocycles. The summed E-state index contributed by atoms with van der Waals surface area (Å²) in [4.78, 5) is 0. The van der Waals surface area contributed by atoms with Crippen molar-refractivity contribution in [2.75, 3.05) is 13.2 Å².